The van der Waals surface area contributed by atoms with E-state index in [1.807, 2.05) is 6.07 Å². The predicted molar refractivity (Wildman–Crippen MR) is 80.3 cm³/mol. The van der Waals surface area contributed by atoms with Gasteiger partial charge in [-0.25, -0.2) is 14.6 Å². The minimum atomic E-state index is -3.41. The second-order valence-electron chi connectivity index (χ2n) is 5.15. The van der Waals surface area contributed by atoms with E-state index in [1.54, 1.807) is 23.3 Å². The molecule has 1 fully saturated rings. The van der Waals surface area contributed by atoms with Crippen LogP contribution >= 0.6 is 0 Å². The largest absolute Gasteiger partial charge is 0.279 e. The van der Waals surface area contributed by atoms with Gasteiger partial charge < -0.3 is 0 Å². The highest BCUT2D eigenvalue weighted by Crippen LogP contribution is 2.12. The van der Waals surface area contributed by atoms with E-state index in [9.17, 15) is 8.42 Å². The minimum Gasteiger partial charge on any atom is -0.237 e. The molecule has 22 heavy (non-hydrogen) atoms. The smallest absolute Gasteiger partial charge is 0.237 e. The monoisotopic (exact) mass is 322 g/mol. The van der Waals surface area contributed by atoms with Gasteiger partial charge >= 0.3 is 0 Å². The first kappa shape index (κ1) is 15.1. The number of nitrogens with one attached hydrogen (secondary N) is 1. The van der Waals surface area contributed by atoms with Crippen molar-refractivity contribution in [2.75, 3.05) is 13.1 Å². The third-order valence-corrected chi connectivity index (χ3v) is 5.13. The van der Waals surface area contributed by atoms with E-state index in [0.717, 1.165) is 24.8 Å². The number of rotatable bonds is 5. The van der Waals surface area contributed by atoms with Gasteiger partial charge in [-0.1, -0.05) is 12.5 Å². The van der Waals surface area contributed by atoms with Crippen molar-refractivity contribution in [2.24, 2.45) is 0 Å². The Labute approximate surface area is 129 Å². The van der Waals surface area contributed by atoms with Gasteiger partial charge in [0.05, 0.1) is 0 Å². The van der Waals surface area contributed by atoms with Gasteiger partial charge in [-0.05, 0) is 24.5 Å². The molecule has 0 saturated carbocycles. The van der Waals surface area contributed by atoms with Crippen molar-refractivity contribution in [1.82, 2.24) is 28.8 Å². The molecule has 118 valence electrons. The molecule has 1 saturated heterocycles. The first-order valence-electron chi connectivity index (χ1n) is 7.20. The Morgan fingerprint density at radius 1 is 1.18 bits per heavy atom. The van der Waals surface area contributed by atoms with Gasteiger partial charge in [0.2, 0.25) is 0 Å². The van der Waals surface area contributed by atoms with Crippen molar-refractivity contribution in [2.45, 2.75) is 25.8 Å². The van der Waals surface area contributed by atoms with Crippen molar-refractivity contribution in [1.29, 1.82) is 0 Å². The highest BCUT2D eigenvalue weighted by Gasteiger charge is 2.23. The average Bonchev–Trinajstić information content (AvgIpc) is 3.09. The minimum absolute atomic E-state index is 0.226. The molecule has 0 radical (unpaired) electrons. The maximum absolute atomic E-state index is 12.2. The Kier molecular flexibility index (Phi) is 4.46. The molecule has 0 amide bonds. The number of nitrogens with zero attached hydrogens (tertiary/aromatic N) is 5. The Hall–Kier alpha value is -1.84. The quantitative estimate of drug-likeness (QED) is 0.864. The van der Waals surface area contributed by atoms with Gasteiger partial charge in [0.25, 0.3) is 10.2 Å². The Morgan fingerprint density at radius 3 is 2.64 bits per heavy atom. The molecule has 3 heterocycles. The van der Waals surface area contributed by atoms with Crippen LogP contribution in [0.25, 0.3) is 5.82 Å². The zero-order valence-electron chi connectivity index (χ0n) is 12.1. The van der Waals surface area contributed by atoms with Crippen LogP contribution in [0.1, 0.15) is 24.8 Å². The van der Waals surface area contributed by atoms with Gasteiger partial charge in [-0.15, -0.1) is 0 Å². The lowest BCUT2D eigenvalue weighted by Gasteiger charge is -2.25. The van der Waals surface area contributed by atoms with E-state index in [1.165, 1.54) is 10.6 Å². The number of piperidine rings is 1. The molecule has 0 aliphatic carbocycles. The predicted octanol–water partition coefficient (Wildman–Crippen LogP) is 0.483. The lowest BCUT2D eigenvalue weighted by molar-refractivity contribution is 0.341. The molecule has 1 aliphatic heterocycles. The van der Waals surface area contributed by atoms with Crippen LogP contribution in [-0.4, -0.2) is 45.6 Å². The van der Waals surface area contributed by atoms with E-state index >= 15 is 0 Å². The maximum Gasteiger partial charge on any atom is 0.279 e. The molecule has 3 rings (SSSR count). The first-order chi connectivity index (χ1) is 10.6. The molecule has 9 heteroatoms. The van der Waals surface area contributed by atoms with Gasteiger partial charge in [0.15, 0.2) is 5.82 Å². The molecular weight excluding hydrogens is 304 g/mol. The number of pyridine rings is 1. The fourth-order valence-electron chi connectivity index (χ4n) is 2.35. The van der Waals surface area contributed by atoms with Crippen LogP contribution in [0, 0.1) is 0 Å². The SMILES string of the molecule is O=S(=O)(NCc1ccc(-n2cncn2)nc1)N1CCCCC1. The third-order valence-electron chi connectivity index (χ3n) is 3.58. The number of hydrogen-bond donors (Lipinski definition) is 1. The molecule has 2 aromatic heterocycles. The lowest BCUT2D eigenvalue weighted by Crippen LogP contribution is -2.43. The van der Waals surface area contributed by atoms with E-state index in [4.69, 9.17) is 0 Å². The molecule has 0 unspecified atom stereocenters. The second-order valence-corrected chi connectivity index (χ2v) is 6.91. The second kappa shape index (κ2) is 6.51. The van der Waals surface area contributed by atoms with Gasteiger partial charge in [-0.2, -0.15) is 22.5 Å². The summed E-state index contributed by atoms with van der Waals surface area (Å²) in [5.41, 5.74) is 0.796. The molecule has 0 bridgehead atoms. The summed E-state index contributed by atoms with van der Waals surface area (Å²) in [5.74, 6) is 0.639. The topological polar surface area (TPSA) is 93.0 Å². The summed E-state index contributed by atoms with van der Waals surface area (Å²) in [6, 6.07) is 3.60. The van der Waals surface area contributed by atoms with Crippen molar-refractivity contribution >= 4 is 10.2 Å². The zero-order chi connectivity index (χ0) is 15.4. The van der Waals surface area contributed by atoms with E-state index in [-0.39, 0.29) is 6.54 Å². The van der Waals surface area contributed by atoms with Crippen molar-refractivity contribution in [3.05, 3.63) is 36.5 Å². The summed E-state index contributed by atoms with van der Waals surface area (Å²) >= 11 is 0. The van der Waals surface area contributed by atoms with Crippen LogP contribution in [0.15, 0.2) is 31.0 Å². The summed E-state index contributed by atoms with van der Waals surface area (Å²) in [4.78, 5) is 8.10. The summed E-state index contributed by atoms with van der Waals surface area (Å²) < 4.78 is 30.0. The third kappa shape index (κ3) is 3.49. The number of hydrogen-bond acceptors (Lipinski definition) is 5. The summed E-state index contributed by atoms with van der Waals surface area (Å²) in [6.45, 7) is 1.42. The van der Waals surface area contributed by atoms with Crippen LogP contribution in [0.5, 0.6) is 0 Å². The maximum atomic E-state index is 12.2. The molecule has 0 atom stereocenters. The van der Waals surface area contributed by atoms with Gasteiger partial charge in [0.1, 0.15) is 12.7 Å². The molecular formula is C13H18N6O2S. The fraction of sp³-hybridized carbons (Fsp3) is 0.462. The average molecular weight is 322 g/mol. The molecule has 1 N–H and O–H groups in total. The summed E-state index contributed by atoms with van der Waals surface area (Å²) in [6.07, 6.45) is 7.57. The molecule has 1 aliphatic rings. The van der Waals surface area contributed by atoms with Crippen molar-refractivity contribution in [3.63, 3.8) is 0 Å². The fourth-order valence-corrected chi connectivity index (χ4v) is 3.62. The van der Waals surface area contributed by atoms with Gasteiger partial charge in [-0.3, -0.25) is 0 Å². The summed E-state index contributed by atoms with van der Waals surface area (Å²) in [5, 5.41) is 3.99. The highest BCUT2D eigenvalue weighted by molar-refractivity contribution is 7.87. The van der Waals surface area contributed by atoms with E-state index < -0.39 is 10.2 Å². The zero-order valence-corrected chi connectivity index (χ0v) is 12.9. The van der Waals surface area contributed by atoms with Crippen LogP contribution < -0.4 is 4.72 Å². The van der Waals surface area contributed by atoms with Gasteiger partial charge in [0, 0.05) is 25.8 Å². The lowest BCUT2D eigenvalue weighted by atomic mass is 10.2. The molecule has 8 nitrogen and oxygen atoms in total. The summed E-state index contributed by atoms with van der Waals surface area (Å²) in [7, 11) is -3.41. The van der Waals surface area contributed by atoms with Crippen LogP contribution in [0.4, 0.5) is 0 Å². The highest BCUT2D eigenvalue weighted by atomic mass is 32.2. The standard InChI is InChI=1S/C13H18N6O2S/c20-22(21,18-6-2-1-3-7-18)17-9-12-4-5-13(15-8-12)19-11-14-10-16-19/h4-5,8,10-11,17H,1-3,6-7,9H2. The van der Waals surface area contributed by atoms with Crippen LogP contribution in [0.2, 0.25) is 0 Å². The van der Waals surface area contributed by atoms with E-state index in [2.05, 4.69) is 19.8 Å². The van der Waals surface area contributed by atoms with Crippen LogP contribution in [0.3, 0.4) is 0 Å². The molecule has 0 spiro atoms. The normalized spacial score (nSPS) is 16.7. The molecule has 0 aromatic carbocycles. The first-order valence-corrected chi connectivity index (χ1v) is 8.64. The van der Waals surface area contributed by atoms with Crippen molar-refractivity contribution in [3.8, 4) is 5.82 Å². The Morgan fingerprint density at radius 2 is 2.00 bits per heavy atom. The van der Waals surface area contributed by atoms with Crippen molar-refractivity contribution < 1.29 is 8.42 Å². The Balaban J connectivity index is 1.61. The Bertz CT molecular complexity index is 693. The van der Waals surface area contributed by atoms with Crippen LogP contribution in [-0.2, 0) is 16.8 Å². The molecule has 2 aromatic rings. The van der Waals surface area contributed by atoms with E-state index in [0.29, 0.717) is 18.9 Å². The number of aromatic nitrogens is 4.